The minimum absolute atomic E-state index is 0.334. The van der Waals surface area contributed by atoms with Gasteiger partial charge in [0, 0.05) is 17.8 Å². The van der Waals surface area contributed by atoms with Crippen molar-refractivity contribution in [2.45, 2.75) is 45.6 Å². The zero-order chi connectivity index (χ0) is 11.6. The average molecular weight is 219 g/mol. The Hall–Kier alpha value is -1.18. The number of nitrogens with one attached hydrogen (secondary N) is 1. The highest BCUT2D eigenvalue weighted by atomic mass is 16.3. The number of phenolic OH excluding ortho intramolecular Hbond substituents is 1. The molecular weight excluding hydrogens is 198 g/mol. The molecule has 0 aliphatic heterocycles. The molecule has 0 bridgehead atoms. The fourth-order valence-electron chi connectivity index (χ4n) is 2.38. The van der Waals surface area contributed by atoms with E-state index in [9.17, 15) is 5.11 Å². The molecule has 0 atom stereocenters. The first-order valence-electron chi connectivity index (χ1n) is 6.11. The van der Waals surface area contributed by atoms with Crippen molar-refractivity contribution in [1.29, 1.82) is 0 Å². The second-order valence-corrected chi connectivity index (χ2v) is 5.63. The first-order valence-corrected chi connectivity index (χ1v) is 6.11. The molecule has 1 fully saturated rings. The normalized spacial score (nSPS) is 20.6. The number of anilines is 1. The summed E-state index contributed by atoms with van der Waals surface area (Å²) in [5.74, 6) is 0.334. The lowest BCUT2D eigenvalue weighted by atomic mass is 9.75. The summed E-state index contributed by atoms with van der Waals surface area (Å²) in [6.07, 6.45) is 5.01. The Morgan fingerprint density at radius 2 is 1.94 bits per heavy atom. The van der Waals surface area contributed by atoms with Gasteiger partial charge in [-0.15, -0.1) is 0 Å². The highest BCUT2D eigenvalue weighted by molar-refractivity contribution is 5.48. The van der Waals surface area contributed by atoms with Crippen molar-refractivity contribution < 1.29 is 5.11 Å². The van der Waals surface area contributed by atoms with E-state index >= 15 is 0 Å². The van der Waals surface area contributed by atoms with Crippen LogP contribution in [0.5, 0.6) is 5.75 Å². The van der Waals surface area contributed by atoms with Gasteiger partial charge in [-0.05, 0) is 43.2 Å². The van der Waals surface area contributed by atoms with Gasteiger partial charge in [-0.1, -0.05) is 19.9 Å². The van der Waals surface area contributed by atoms with E-state index in [0.717, 1.165) is 5.69 Å². The molecule has 0 radical (unpaired) electrons. The van der Waals surface area contributed by atoms with Crippen LogP contribution in [-0.4, -0.2) is 11.1 Å². The van der Waals surface area contributed by atoms with Crippen LogP contribution in [-0.2, 0) is 0 Å². The van der Waals surface area contributed by atoms with Gasteiger partial charge in [-0.3, -0.25) is 0 Å². The largest absolute Gasteiger partial charge is 0.508 e. The first-order chi connectivity index (χ1) is 7.55. The summed E-state index contributed by atoms with van der Waals surface area (Å²) in [5.41, 5.74) is 1.54. The molecule has 2 heteroatoms. The van der Waals surface area contributed by atoms with Crippen LogP contribution in [0.1, 0.15) is 39.5 Å². The maximum Gasteiger partial charge on any atom is 0.117 e. The van der Waals surface area contributed by atoms with Crippen molar-refractivity contribution in [3.05, 3.63) is 24.3 Å². The third-order valence-electron chi connectivity index (χ3n) is 3.56. The molecule has 1 aliphatic carbocycles. The fraction of sp³-hybridized carbons (Fsp3) is 0.571. The molecule has 0 aromatic heterocycles. The molecule has 0 saturated heterocycles. The minimum Gasteiger partial charge on any atom is -0.508 e. The molecular formula is C14H21NO. The Labute approximate surface area is 97.7 Å². The average Bonchev–Trinajstić information content (AvgIpc) is 2.21. The lowest BCUT2D eigenvalue weighted by Gasteiger charge is -2.35. The van der Waals surface area contributed by atoms with Gasteiger partial charge < -0.3 is 10.4 Å². The van der Waals surface area contributed by atoms with E-state index in [1.165, 1.54) is 25.7 Å². The van der Waals surface area contributed by atoms with Crippen molar-refractivity contribution in [3.8, 4) is 5.75 Å². The summed E-state index contributed by atoms with van der Waals surface area (Å²) in [6, 6.07) is 7.95. The summed E-state index contributed by atoms with van der Waals surface area (Å²) in [6.45, 7) is 4.69. The van der Waals surface area contributed by atoms with Crippen molar-refractivity contribution >= 4 is 5.69 Å². The van der Waals surface area contributed by atoms with E-state index in [4.69, 9.17) is 0 Å². The van der Waals surface area contributed by atoms with Crippen molar-refractivity contribution in [2.75, 3.05) is 5.32 Å². The summed E-state index contributed by atoms with van der Waals surface area (Å²) >= 11 is 0. The van der Waals surface area contributed by atoms with E-state index in [1.54, 1.807) is 12.1 Å². The molecule has 1 aromatic carbocycles. The maximum absolute atomic E-state index is 9.39. The standard InChI is InChI=1S/C14H21NO/c1-14(2)8-6-11(7-9-14)15-12-4-3-5-13(16)10-12/h3-5,10-11,15-16H,6-9H2,1-2H3. The number of hydrogen-bond acceptors (Lipinski definition) is 2. The molecule has 0 amide bonds. The number of aromatic hydroxyl groups is 1. The Morgan fingerprint density at radius 1 is 1.25 bits per heavy atom. The van der Waals surface area contributed by atoms with Crippen LogP contribution in [0.4, 0.5) is 5.69 Å². The molecule has 88 valence electrons. The quantitative estimate of drug-likeness (QED) is 0.793. The first kappa shape index (κ1) is 11.3. The Balaban J connectivity index is 1.92. The number of rotatable bonds is 2. The van der Waals surface area contributed by atoms with Crippen LogP contribution in [0.25, 0.3) is 0 Å². The second-order valence-electron chi connectivity index (χ2n) is 5.63. The Morgan fingerprint density at radius 3 is 2.56 bits per heavy atom. The van der Waals surface area contributed by atoms with E-state index in [1.807, 2.05) is 12.1 Å². The highest BCUT2D eigenvalue weighted by Gasteiger charge is 2.26. The van der Waals surface area contributed by atoms with Gasteiger partial charge in [0.1, 0.15) is 5.75 Å². The summed E-state index contributed by atoms with van der Waals surface area (Å²) in [4.78, 5) is 0. The Bertz CT molecular complexity index is 350. The lowest BCUT2D eigenvalue weighted by Crippen LogP contribution is -2.29. The molecule has 0 unspecified atom stereocenters. The highest BCUT2D eigenvalue weighted by Crippen LogP contribution is 2.36. The maximum atomic E-state index is 9.39. The van der Waals surface area contributed by atoms with Crippen molar-refractivity contribution in [1.82, 2.24) is 0 Å². The number of hydrogen-bond donors (Lipinski definition) is 2. The fourth-order valence-corrected chi connectivity index (χ4v) is 2.38. The third kappa shape index (κ3) is 2.91. The van der Waals surface area contributed by atoms with Crippen molar-refractivity contribution in [2.24, 2.45) is 5.41 Å². The molecule has 0 spiro atoms. The minimum atomic E-state index is 0.334. The van der Waals surface area contributed by atoms with Crippen molar-refractivity contribution in [3.63, 3.8) is 0 Å². The SMILES string of the molecule is CC1(C)CCC(Nc2cccc(O)c2)CC1. The number of benzene rings is 1. The summed E-state index contributed by atoms with van der Waals surface area (Å²) < 4.78 is 0. The van der Waals surface area contributed by atoms with E-state index in [2.05, 4.69) is 19.2 Å². The number of phenols is 1. The molecule has 1 aliphatic rings. The van der Waals surface area contributed by atoms with Crippen LogP contribution < -0.4 is 5.32 Å². The molecule has 16 heavy (non-hydrogen) atoms. The molecule has 1 saturated carbocycles. The van der Waals surface area contributed by atoms with Crippen LogP contribution in [0.3, 0.4) is 0 Å². The van der Waals surface area contributed by atoms with E-state index in [-0.39, 0.29) is 0 Å². The molecule has 2 rings (SSSR count). The van der Waals surface area contributed by atoms with E-state index < -0.39 is 0 Å². The topological polar surface area (TPSA) is 32.3 Å². The van der Waals surface area contributed by atoms with E-state index in [0.29, 0.717) is 17.2 Å². The molecule has 2 nitrogen and oxygen atoms in total. The van der Waals surface area contributed by atoms with Gasteiger partial charge in [0.15, 0.2) is 0 Å². The van der Waals surface area contributed by atoms with Gasteiger partial charge in [0.2, 0.25) is 0 Å². The molecule has 0 heterocycles. The van der Waals surface area contributed by atoms with Gasteiger partial charge >= 0.3 is 0 Å². The monoisotopic (exact) mass is 219 g/mol. The van der Waals surface area contributed by atoms with Crippen LogP contribution in [0.15, 0.2) is 24.3 Å². The van der Waals surface area contributed by atoms with Gasteiger partial charge in [0.25, 0.3) is 0 Å². The smallest absolute Gasteiger partial charge is 0.117 e. The zero-order valence-electron chi connectivity index (χ0n) is 10.2. The van der Waals surface area contributed by atoms with Crippen LogP contribution >= 0.6 is 0 Å². The predicted octanol–water partition coefficient (Wildman–Crippen LogP) is 3.77. The van der Waals surface area contributed by atoms with Gasteiger partial charge in [-0.2, -0.15) is 0 Å². The summed E-state index contributed by atoms with van der Waals surface area (Å²) in [7, 11) is 0. The van der Waals surface area contributed by atoms with Gasteiger partial charge in [0.05, 0.1) is 0 Å². The lowest BCUT2D eigenvalue weighted by molar-refractivity contribution is 0.232. The second kappa shape index (κ2) is 4.36. The van der Waals surface area contributed by atoms with Crippen LogP contribution in [0.2, 0.25) is 0 Å². The molecule has 1 aromatic rings. The van der Waals surface area contributed by atoms with Gasteiger partial charge in [-0.25, -0.2) is 0 Å². The van der Waals surface area contributed by atoms with Crippen LogP contribution in [0, 0.1) is 5.41 Å². The molecule has 2 N–H and O–H groups in total. The summed E-state index contributed by atoms with van der Waals surface area (Å²) in [5, 5.41) is 12.9. The Kier molecular flexibility index (Phi) is 3.08. The predicted molar refractivity (Wildman–Crippen MR) is 67.8 cm³/mol. The third-order valence-corrected chi connectivity index (χ3v) is 3.56. The zero-order valence-corrected chi connectivity index (χ0v) is 10.2.